The van der Waals surface area contributed by atoms with E-state index in [4.69, 9.17) is 25.4 Å². The highest BCUT2D eigenvalue weighted by molar-refractivity contribution is 6.15. The van der Waals surface area contributed by atoms with Gasteiger partial charge in [-0.15, -0.1) is 5.10 Å². The van der Waals surface area contributed by atoms with Crippen molar-refractivity contribution in [2.45, 2.75) is 32.7 Å². The summed E-state index contributed by atoms with van der Waals surface area (Å²) in [6.45, 7) is 8.29. The van der Waals surface area contributed by atoms with Gasteiger partial charge in [0.15, 0.2) is 11.5 Å². The Balaban J connectivity index is 0.000000188. The molecule has 0 amide bonds. The van der Waals surface area contributed by atoms with Crippen molar-refractivity contribution >= 4 is 29.0 Å². The third kappa shape index (κ3) is 5.80. The molecule has 3 atom stereocenters. The number of fused-ring (bicyclic) bond motifs is 2. The average Bonchev–Trinajstić information content (AvgIpc) is 3.43. The summed E-state index contributed by atoms with van der Waals surface area (Å²) in [5.41, 5.74) is 12.3. The molecule has 0 radical (unpaired) electrons. The zero-order chi connectivity index (χ0) is 26.7. The Morgan fingerprint density at radius 3 is 2.43 bits per heavy atom. The predicted octanol–water partition coefficient (Wildman–Crippen LogP) is 3.09. The molecule has 5 rings (SSSR count). The van der Waals surface area contributed by atoms with Gasteiger partial charge in [-0.1, -0.05) is 24.3 Å². The first-order valence-electron chi connectivity index (χ1n) is 11.9. The number of carbonyl (C=O) groups is 2. The second-order valence-corrected chi connectivity index (χ2v) is 9.38. The van der Waals surface area contributed by atoms with E-state index in [1.165, 1.54) is 0 Å². The SMILES string of the molecule is C=C(C)[C@H]1CN[C@H](C(=O)O)[C@H]1CC(=O)O.CC1=NN=C(c2ccc(N)cc2)c2cc3c(cc2C1)OCO3. The van der Waals surface area contributed by atoms with Gasteiger partial charge < -0.3 is 30.7 Å². The lowest BCUT2D eigenvalue weighted by Gasteiger charge is -2.19. The number of carboxylic acids is 2. The van der Waals surface area contributed by atoms with E-state index in [1.807, 2.05) is 43.3 Å². The first kappa shape index (κ1) is 25.9. The summed E-state index contributed by atoms with van der Waals surface area (Å²) in [5.74, 6) is -0.905. The van der Waals surface area contributed by atoms with Crippen LogP contribution in [0.2, 0.25) is 0 Å². The fourth-order valence-corrected chi connectivity index (χ4v) is 4.77. The van der Waals surface area contributed by atoms with E-state index in [0.29, 0.717) is 6.54 Å². The number of anilines is 1. The van der Waals surface area contributed by atoms with E-state index in [0.717, 1.165) is 57.3 Å². The molecule has 2 aromatic carbocycles. The summed E-state index contributed by atoms with van der Waals surface area (Å²) in [4.78, 5) is 21.5. The number of benzene rings is 2. The standard InChI is InChI=1S/C17H15N3O2.C10H15NO4/c1-10-6-12-7-15-16(22-9-21-15)8-14(12)17(20-19-10)11-2-4-13(18)5-3-11;1-5(2)7-4-11-9(10(14)15)6(7)3-8(12)13/h2-5,7-8H,6,9,18H2,1H3;6-7,9,11H,1,3-4H2,2H3,(H,12,13)(H,14,15)/t;6-,7+,9-/m.0/s1. The molecule has 0 aromatic heterocycles. The number of ether oxygens (including phenoxy) is 2. The maximum atomic E-state index is 10.9. The maximum Gasteiger partial charge on any atom is 0.321 e. The van der Waals surface area contributed by atoms with Crippen molar-refractivity contribution in [2.75, 3.05) is 19.1 Å². The number of carboxylic acid groups (broad SMARTS) is 2. The number of nitrogen functional groups attached to an aromatic ring is 1. The smallest absolute Gasteiger partial charge is 0.321 e. The summed E-state index contributed by atoms with van der Waals surface area (Å²) in [6, 6.07) is 10.9. The third-order valence-electron chi connectivity index (χ3n) is 6.62. The van der Waals surface area contributed by atoms with Crippen LogP contribution in [0.5, 0.6) is 11.5 Å². The van der Waals surface area contributed by atoms with Crippen molar-refractivity contribution in [1.82, 2.24) is 5.32 Å². The van der Waals surface area contributed by atoms with Gasteiger partial charge in [-0.3, -0.25) is 9.59 Å². The highest BCUT2D eigenvalue weighted by atomic mass is 16.7. The Kier molecular flexibility index (Phi) is 7.58. The van der Waals surface area contributed by atoms with Crippen LogP contribution in [0.3, 0.4) is 0 Å². The maximum absolute atomic E-state index is 10.9. The molecular formula is C27H30N4O6. The molecule has 2 aromatic rings. The normalized spacial score (nSPS) is 21.5. The lowest BCUT2D eigenvalue weighted by molar-refractivity contribution is -0.142. The summed E-state index contributed by atoms with van der Waals surface area (Å²) in [7, 11) is 0. The van der Waals surface area contributed by atoms with Crippen molar-refractivity contribution in [3.63, 3.8) is 0 Å². The predicted molar refractivity (Wildman–Crippen MR) is 139 cm³/mol. The van der Waals surface area contributed by atoms with Crippen LogP contribution in [0.1, 0.15) is 37.0 Å². The highest BCUT2D eigenvalue weighted by Gasteiger charge is 2.41. The largest absolute Gasteiger partial charge is 0.481 e. The summed E-state index contributed by atoms with van der Waals surface area (Å²) >= 11 is 0. The van der Waals surface area contributed by atoms with Crippen LogP contribution in [-0.4, -0.2) is 53.0 Å². The minimum Gasteiger partial charge on any atom is -0.481 e. The van der Waals surface area contributed by atoms with Crippen LogP contribution in [0.25, 0.3) is 0 Å². The third-order valence-corrected chi connectivity index (χ3v) is 6.62. The summed E-state index contributed by atoms with van der Waals surface area (Å²) < 4.78 is 11.0. The summed E-state index contributed by atoms with van der Waals surface area (Å²) in [5, 5.41) is 29.2. The fraction of sp³-hybridized carbons (Fsp3) is 0.333. The molecule has 0 spiro atoms. The lowest BCUT2D eigenvalue weighted by atomic mass is 9.84. The molecule has 0 saturated carbocycles. The van der Waals surface area contributed by atoms with Crippen molar-refractivity contribution in [3.05, 3.63) is 65.2 Å². The highest BCUT2D eigenvalue weighted by Crippen LogP contribution is 2.37. The molecule has 10 nitrogen and oxygen atoms in total. The van der Waals surface area contributed by atoms with E-state index < -0.39 is 23.9 Å². The average molecular weight is 507 g/mol. The van der Waals surface area contributed by atoms with Gasteiger partial charge in [0.25, 0.3) is 0 Å². The quantitative estimate of drug-likeness (QED) is 0.356. The number of aliphatic carboxylic acids is 2. The topological polar surface area (TPSA) is 156 Å². The molecule has 0 bridgehead atoms. The number of nitrogens with two attached hydrogens (primary N) is 1. The lowest BCUT2D eigenvalue weighted by Crippen LogP contribution is -2.36. The minimum absolute atomic E-state index is 0.0674. The Bertz CT molecular complexity index is 1260. The number of nitrogens with one attached hydrogen (secondary N) is 1. The van der Waals surface area contributed by atoms with Crippen LogP contribution in [0.4, 0.5) is 5.69 Å². The van der Waals surface area contributed by atoms with Gasteiger partial charge in [0.1, 0.15) is 11.8 Å². The zero-order valence-electron chi connectivity index (χ0n) is 20.7. The van der Waals surface area contributed by atoms with E-state index in [-0.39, 0.29) is 19.1 Å². The molecule has 0 aliphatic carbocycles. The second-order valence-electron chi connectivity index (χ2n) is 9.38. The molecule has 10 heteroatoms. The van der Waals surface area contributed by atoms with E-state index >= 15 is 0 Å². The molecule has 1 fully saturated rings. The first-order valence-corrected chi connectivity index (χ1v) is 11.9. The van der Waals surface area contributed by atoms with E-state index in [1.54, 1.807) is 6.92 Å². The van der Waals surface area contributed by atoms with Crippen LogP contribution >= 0.6 is 0 Å². The van der Waals surface area contributed by atoms with Gasteiger partial charge >= 0.3 is 11.9 Å². The van der Waals surface area contributed by atoms with Crippen molar-refractivity contribution in [1.29, 1.82) is 0 Å². The number of nitrogens with zero attached hydrogens (tertiary/aromatic N) is 2. The number of rotatable bonds is 5. The van der Waals surface area contributed by atoms with Gasteiger partial charge in [0.05, 0.1) is 6.42 Å². The Hall–Kier alpha value is -4.18. The van der Waals surface area contributed by atoms with Crippen molar-refractivity contribution < 1.29 is 29.3 Å². The molecule has 1 saturated heterocycles. The Morgan fingerprint density at radius 2 is 1.81 bits per heavy atom. The fourth-order valence-electron chi connectivity index (χ4n) is 4.77. The molecule has 37 heavy (non-hydrogen) atoms. The molecular weight excluding hydrogens is 476 g/mol. The minimum atomic E-state index is -0.995. The van der Waals surface area contributed by atoms with Gasteiger partial charge in [0, 0.05) is 41.4 Å². The van der Waals surface area contributed by atoms with Crippen molar-refractivity contribution in [2.24, 2.45) is 22.0 Å². The van der Waals surface area contributed by atoms with Gasteiger partial charge in [0.2, 0.25) is 6.79 Å². The van der Waals surface area contributed by atoms with Crippen LogP contribution in [-0.2, 0) is 16.0 Å². The molecule has 3 aliphatic rings. The summed E-state index contributed by atoms with van der Waals surface area (Å²) in [6.07, 6.45) is 0.607. The molecule has 194 valence electrons. The second kappa shape index (κ2) is 10.8. The molecule has 3 heterocycles. The number of hydrogen-bond donors (Lipinski definition) is 4. The Morgan fingerprint density at radius 1 is 1.14 bits per heavy atom. The monoisotopic (exact) mass is 506 g/mol. The molecule has 0 unspecified atom stereocenters. The van der Waals surface area contributed by atoms with Crippen LogP contribution in [0, 0.1) is 11.8 Å². The zero-order valence-corrected chi connectivity index (χ0v) is 20.7. The van der Waals surface area contributed by atoms with E-state index in [2.05, 4.69) is 22.1 Å². The van der Waals surface area contributed by atoms with E-state index in [9.17, 15) is 9.59 Å². The molecule has 3 aliphatic heterocycles. The van der Waals surface area contributed by atoms with Gasteiger partial charge in [-0.25, -0.2) is 0 Å². The van der Waals surface area contributed by atoms with Crippen LogP contribution in [0.15, 0.2) is 58.8 Å². The molecule has 5 N–H and O–H groups in total. The van der Waals surface area contributed by atoms with Crippen LogP contribution < -0.4 is 20.5 Å². The first-order chi connectivity index (χ1) is 17.6. The van der Waals surface area contributed by atoms with Gasteiger partial charge in [-0.2, -0.15) is 5.10 Å². The van der Waals surface area contributed by atoms with Gasteiger partial charge in [-0.05, 0) is 49.6 Å². The Labute approximate surface area is 214 Å². The van der Waals surface area contributed by atoms with Crippen molar-refractivity contribution in [3.8, 4) is 11.5 Å². The number of hydrogen-bond acceptors (Lipinski definition) is 8.